The molecule has 3 rings (SSSR count). The molecule has 0 unspecified atom stereocenters. The molecular formula is C17H13F6N5O3. The van der Waals surface area contributed by atoms with E-state index in [0.717, 1.165) is 24.4 Å². The van der Waals surface area contributed by atoms with Crippen molar-refractivity contribution in [2.45, 2.75) is 12.4 Å². The molecule has 3 aromatic rings. The molecule has 0 aliphatic carbocycles. The summed E-state index contributed by atoms with van der Waals surface area (Å²) in [6.07, 6.45) is -6.94. The van der Waals surface area contributed by atoms with Crippen molar-refractivity contribution in [3.63, 3.8) is 0 Å². The minimum atomic E-state index is -4.71. The number of hydrogen-bond acceptors (Lipinski definition) is 6. The summed E-state index contributed by atoms with van der Waals surface area (Å²) in [4.78, 5) is 20.3. The molecule has 0 aliphatic rings. The van der Waals surface area contributed by atoms with Gasteiger partial charge in [-0.05, 0) is 12.1 Å². The zero-order valence-electron chi connectivity index (χ0n) is 15.6. The predicted molar refractivity (Wildman–Crippen MR) is 92.9 cm³/mol. The van der Waals surface area contributed by atoms with Gasteiger partial charge in [-0.1, -0.05) is 0 Å². The second-order valence-electron chi connectivity index (χ2n) is 6.10. The smallest absolute Gasteiger partial charge is 0.422 e. The first kappa shape index (κ1) is 22.1. The maximum absolute atomic E-state index is 12.7. The zero-order chi connectivity index (χ0) is 22.8. The van der Waals surface area contributed by atoms with Crippen LogP contribution in [0.5, 0.6) is 11.9 Å². The van der Waals surface area contributed by atoms with Crippen molar-refractivity contribution in [1.82, 2.24) is 24.3 Å². The molecule has 0 N–H and O–H groups in total. The van der Waals surface area contributed by atoms with E-state index in [-0.39, 0.29) is 11.4 Å². The van der Waals surface area contributed by atoms with E-state index in [4.69, 9.17) is 4.74 Å². The Kier molecular flexibility index (Phi) is 5.90. The van der Waals surface area contributed by atoms with E-state index >= 15 is 0 Å². The van der Waals surface area contributed by atoms with Crippen LogP contribution in [-0.4, -0.2) is 49.9 Å². The maximum Gasteiger partial charge on any atom is 0.422 e. The van der Waals surface area contributed by atoms with Crippen LogP contribution in [0, 0.1) is 0 Å². The summed E-state index contributed by atoms with van der Waals surface area (Å²) >= 11 is 0. The molecule has 8 nitrogen and oxygen atoms in total. The van der Waals surface area contributed by atoms with Gasteiger partial charge < -0.3 is 9.47 Å². The highest BCUT2D eigenvalue weighted by Crippen LogP contribution is 2.23. The van der Waals surface area contributed by atoms with Crippen LogP contribution in [0.15, 0.2) is 41.5 Å². The molecule has 0 aromatic carbocycles. The van der Waals surface area contributed by atoms with Gasteiger partial charge in [0.2, 0.25) is 5.88 Å². The number of nitrogens with zero attached hydrogens (tertiary/aromatic N) is 5. The number of aromatic nitrogens is 5. The zero-order valence-corrected chi connectivity index (χ0v) is 15.6. The molecule has 3 heterocycles. The molecule has 31 heavy (non-hydrogen) atoms. The normalized spacial score (nSPS) is 12.1. The van der Waals surface area contributed by atoms with E-state index in [2.05, 4.69) is 19.8 Å². The van der Waals surface area contributed by atoms with Gasteiger partial charge in [0.1, 0.15) is 0 Å². The highest BCUT2D eigenvalue weighted by atomic mass is 19.4. The van der Waals surface area contributed by atoms with E-state index in [1.807, 2.05) is 0 Å². The Morgan fingerprint density at radius 2 is 1.68 bits per heavy atom. The summed E-state index contributed by atoms with van der Waals surface area (Å²) in [5.41, 5.74) is -0.550. The molecule has 3 aromatic heterocycles. The quantitative estimate of drug-likeness (QED) is 0.539. The number of hydrogen-bond donors (Lipinski definition) is 0. The maximum atomic E-state index is 12.7. The summed E-state index contributed by atoms with van der Waals surface area (Å²) in [5, 5.41) is 3.91. The molecule has 0 amide bonds. The van der Waals surface area contributed by atoms with Gasteiger partial charge in [0, 0.05) is 25.4 Å². The lowest BCUT2D eigenvalue weighted by Crippen LogP contribution is -2.26. The molecule has 0 saturated heterocycles. The van der Waals surface area contributed by atoms with Crippen LogP contribution in [0.3, 0.4) is 0 Å². The van der Waals surface area contributed by atoms with E-state index in [1.165, 1.54) is 16.9 Å². The Hall–Kier alpha value is -3.58. The third-order valence-corrected chi connectivity index (χ3v) is 3.70. The van der Waals surface area contributed by atoms with Crippen molar-refractivity contribution < 1.29 is 35.8 Å². The lowest BCUT2D eigenvalue weighted by Gasteiger charge is -2.15. The van der Waals surface area contributed by atoms with Gasteiger partial charge in [-0.25, -0.2) is 9.55 Å². The monoisotopic (exact) mass is 449 g/mol. The van der Waals surface area contributed by atoms with Gasteiger partial charge >= 0.3 is 18.4 Å². The highest BCUT2D eigenvalue weighted by molar-refractivity contribution is 5.54. The molecule has 0 radical (unpaired) electrons. The van der Waals surface area contributed by atoms with Gasteiger partial charge in [0.15, 0.2) is 13.2 Å². The average molecular weight is 449 g/mol. The number of alkyl halides is 6. The number of halogens is 6. The fourth-order valence-corrected chi connectivity index (χ4v) is 2.44. The summed E-state index contributed by atoms with van der Waals surface area (Å²) < 4.78 is 86.0. The van der Waals surface area contributed by atoms with Crippen LogP contribution in [0.25, 0.3) is 17.1 Å². The third-order valence-electron chi connectivity index (χ3n) is 3.70. The standard InChI is InChI=1S/C17H13F6N5O3/c1-27-12(4-5-25-27)11-6-14(29)28(15(26-11)31-9-17(21,22)23)10-2-3-13(24-7-10)30-8-16(18,19)20/h2-7H,8-9H2,1H3. The third kappa shape index (κ3) is 5.73. The summed E-state index contributed by atoms with van der Waals surface area (Å²) in [6.45, 7) is -3.31. The molecule has 14 heteroatoms. The van der Waals surface area contributed by atoms with Crippen LogP contribution in [-0.2, 0) is 7.05 Å². The molecule has 0 atom stereocenters. The van der Waals surface area contributed by atoms with Crippen molar-refractivity contribution >= 4 is 0 Å². The minimum Gasteiger partial charge on any atom is -0.468 e. The minimum absolute atomic E-state index is 0.0107. The SMILES string of the molecule is Cn1nccc1-c1cc(=O)n(-c2ccc(OCC(F)(F)F)nc2)c(OCC(F)(F)F)n1. The Labute approximate surface area is 169 Å². The fourth-order valence-electron chi connectivity index (χ4n) is 2.44. The molecular weight excluding hydrogens is 436 g/mol. The Morgan fingerprint density at radius 3 is 2.23 bits per heavy atom. The summed E-state index contributed by atoms with van der Waals surface area (Å²) in [6, 6.07) is 4.01. The van der Waals surface area contributed by atoms with Crippen LogP contribution in [0.1, 0.15) is 0 Å². The Balaban J connectivity index is 2.00. The van der Waals surface area contributed by atoms with Crippen molar-refractivity contribution in [3.8, 4) is 29.0 Å². The first-order valence-electron chi connectivity index (χ1n) is 8.41. The first-order valence-corrected chi connectivity index (χ1v) is 8.41. The van der Waals surface area contributed by atoms with E-state index in [9.17, 15) is 31.1 Å². The lowest BCUT2D eigenvalue weighted by molar-refractivity contribution is -0.155. The van der Waals surface area contributed by atoms with Gasteiger partial charge in [0.05, 0.1) is 23.3 Å². The second-order valence-corrected chi connectivity index (χ2v) is 6.10. The highest BCUT2D eigenvalue weighted by Gasteiger charge is 2.30. The molecule has 166 valence electrons. The molecule has 0 fully saturated rings. The van der Waals surface area contributed by atoms with Crippen molar-refractivity contribution in [2.75, 3.05) is 13.2 Å². The number of aryl methyl sites for hydroxylation is 1. The van der Waals surface area contributed by atoms with Crippen molar-refractivity contribution in [1.29, 1.82) is 0 Å². The number of ether oxygens (including phenoxy) is 2. The first-order chi connectivity index (χ1) is 14.4. The van der Waals surface area contributed by atoms with Gasteiger partial charge in [-0.2, -0.15) is 36.4 Å². The largest absolute Gasteiger partial charge is 0.468 e. The van der Waals surface area contributed by atoms with Crippen LogP contribution in [0.2, 0.25) is 0 Å². The van der Waals surface area contributed by atoms with E-state index < -0.39 is 43.0 Å². The number of rotatable bonds is 6. The average Bonchev–Trinajstić information content (AvgIpc) is 3.10. The molecule has 0 bridgehead atoms. The number of pyridine rings is 1. The van der Waals surface area contributed by atoms with E-state index in [1.54, 1.807) is 7.05 Å². The summed E-state index contributed by atoms with van der Waals surface area (Å²) in [5.74, 6) is -0.397. The lowest BCUT2D eigenvalue weighted by atomic mass is 10.3. The van der Waals surface area contributed by atoms with Crippen molar-refractivity contribution in [3.05, 3.63) is 47.0 Å². The predicted octanol–water partition coefficient (Wildman–Crippen LogP) is 2.91. The fraction of sp³-hybridized carbons (Fsp3) is 0.294. The second kappa shape index (κ2) is 8.28. The Morgan fingerprint density at radius 1 is 1.00 bits per heavy atom. The summed E-state index contributed by atoms with van der Waals surface area (Å²) in [7, 11) is 1.54. The van der Waals surface area contributed by atoms with Crippen LogP contribution < -0.4 is 15.0 Å². The van der Waals surface area contributed by atoms with Gasteiger partial charge in [0.25, 0.3) is 5.56 Å². The van der Waals surface area contributed by atoms with Gasteiger partial charge in [-0.15, -0.1) is 0 Å². The van der Waals surface area contributed by atoms with Crippen LogP contribution in [0.4, 0.5) is 26.3 Å². The topological polar surface area (TPSA) is 84.1 Å². The van der Waals surface area contributed by atoms with Crippen molar-refractivity contribution in [2.24, 2.45) is 7.05 Å². The molecule has 0 aliphatic heterocycles. The molecule has 0 saturated carbocycles. The van der Waals surface area contributed by atoms with Crippen LogP contribution >= 0.6 is 0 Å². The van der Waals surface area contributed by atoms with Gasteiger partial charge in [-0.3, -0.25) is 9.48 Å². The Bertz CT molecular complexity index is 1110. The van der Waals surface area contributed by atoms with E-state index in [0.29, 0.717) is 10.3 Å². The molecule has 0 spiro atoms.